The average molecular weight is 1020 g/mol. The van der Waals surface area contributed by atoms with Crippen molar-refractivity contribution in [2.24, 2.45) is 35.3 Å². The predicted molar refractivity (Wildman–Crippen MR) is 275 cm³/mol. The van der Waals surface area contributed by atoms with Crippen LogP contribution in [-0.4, -0.2) is 139 Å². The first-order chi connectivity index (χ1) is 33.1. The molecule has 15 nitrogen and oxygen atoms in total. The summed E-state index contributed by atoms with van der Waals surface area (Å²) in [6.07, 6.45) is 10.2. The van der Waals surface area contributed by atoms with Crippen LogP contribution in [0.15, 0.2) is 47.6 Å². The number of aliphatic hydroxyl groups excluding tert-OH is 2. The minimum absolute atomic E-state index is 0.00743. The predicted octanol–water partition coefficient (Wildman–Crippen LogP) is 7.25. The van der Waals surface area contributed by atoms with Crippen LogP contribution in [0.5, 0.6) is 0 Å². The fraction of sp³-hybridized carbons (Fsp3) is 0.764. The Morgan fingerprint density at radius 1 is 0.859 bits per heavy atom. The number of aliphatic hydroxyl groups is 3. The van der Waals surface area contributed by atoms with Crippen LogP contribution in [0.2, 0.25) is 18.1 Å². The summed E-state index contributed by atoms with van der Waals surface area (Å²) in [5.41, 5.74) is 8.08. The minimum Gasteiger partial charge on any atom is -0.459 e. The fourth-order valence-corrected chi connectivity index (χ4v) is 11.7. The third-order valence-electron chi connectivity index (χ3n) is 16.2. The van der Waals surface area contributed by atoms with Gasteiger partial charge in [-0.15, -0.1) is 0 Å². The van der Waals surface area contributed by atoms with Gasteiger partial charge in [0.2, 0.25) is 5.79 Å². The van der Waals surface area contributed by atoms with E-state index in [1.807, 2.05) is 44.2 Å². The maximum absolute atomic E-state index is 14.5. The topological polar surface area (TPSA) is 221 Å². The number of ketones is 3. The zero-order valence-electron chi connectivity index (χ0n) is 45.2. The van der Waals surface area contributed by atoms with Crippen molar-refractivity contribution in [3.05, 3.63) is 47.6 Å². The molecule has 2 saturated heterocycles. The molecular formula is C55H90N2O13Si. The van der Waals surface area contributed by atoms with E-state index in [1.54, 1.807) is 41.9 Å². The van der Waals surface area contributed by atoms with E-state index in [1.165, 1.54) is 6.08 Å². The zero-order chi connectivity index (χ0) is 53.2. The van der Waals surface area contributed by atoms with E-state index >= 15 is 0 Å². The number of rotatable bonds is 7. The molecule has 0 spiro atoms. The average Bonchev–Trinajstić information content (AvgIpc) is 3.32. The number of ether oxygens (including phenoxy) is 4. The lowest BCUT2D eigenvalue weighted by molar-refractivity contribution is -0.265. The summed E-state index contributed by atoms with van der Waals surface area (Å²) in [5.74, 6) is -8.54. The van der Waals surface area contributed by atoms with Crippen LogP contribution >= 0.6 is 0 Å². The number of carbonyl (C=O) groups excluding carboxylic acids is 5. The molecule has 1 aliphatic carbocycles. The van der Waals surface area contributed by atoms with Gasteiger partial charge < -0.3 is 49.3 Å². The second kappa shape index (κ2) is 26.3. The SMILES string of the molecule is CO[C@H]1C[C@@H]2CC[C@@H](C)[C@@](O)(O2)C(=O)C(=O)N2CCCC[C@H]2C(=O)O[C@H]([C@H](N)C[C@@H]2CCC(O[Si](C)(C)C(C)(C)C)[C@H](OC)C2)CC(=O)[C@H](C)/C=C(\C)[C@@H](O)[C@@H](O)C(=O)[C@H](C)C[C@H](C)/C=C/C=CC=C1C. The second-order valence-corrected chi connectivity index (χ2v) is 27.7. The number of Topliss-reactive ketones (excluding diaryl/α,β-unsaturated/α-hetero) is 3. The summed E-state index contributed by atoms with van der Waals surface area (Å²) in [7, 11) is 1.13. The highest BCUT2D eigenvalue weighted by molar-refractivity contribution is 6.74. The number of carbonyl (C=O) groups is 5. The van der Waals surface area contributed by atoms with Crippen LogP contribution in [-0.2, 0) is 47.3 Å². The van der Waals surface area contributed by atoms with E-state index in [4.69, 9.17) is 29.1 Å². The molecule has 2 bridgehead atoms. The van der Waals surface area contributed by atoms with Gasteiger partial charge >= 0.3 is 5.97 Å². The van der Waals surface area contributed by atoms with Gasteiger partial charge in [-0.1, -0.05) is 84.9 Å². The Bertz CT molecular complexity index is 1960. The molecule has 3 heterocycles. The van der Waals surface area contributed by atoms with Crippen LogP contribution < -0.4 is 5.73 Å². The fourth-order valence-electron chi connectivity index (χ4n) is 10.3. The maximum atomic E-state index is 14.5. The van der Waals surface area contributed by atoms with Gasteiger partial charge in [-0.3, -0.25) is 19.2 Å². The minimum atomic E-state index is -2.45. The molecule has 1 saturated carbocycles. The number of cyclic esters (lactones) is 1. The Hall–Kier alpha value is -3.19. The summed E-state index contributed by atoms with van der Waals surface area (Å²) in [6, 6.07) is -2.03. The normalized spacial score (nSPS) is 37.3. The van der Waals surface area contributed by atoms with Gasteiger partial charge in [-0.05, 0) is 119 Å². The number of fused-ring (bicyclic) bond motifs is 3. The molecule has 1 unspecified atom stereocenters. The largest absolute Gasteiger partial charge is 0.459 e. The lowest BCUT2D eigenvalue weighted by Crippen LogP contribution is -2.61. The number of esters is 1. The van der Waals surface area contributed by atoms with Crippen molar-refractivity contribution in [2.75, 3.05) is 20.8 Å². The van der Waals surface area contributed by atoms with Crippen molar-refractivity contribution in [1.29, 1.82) is 0 Å². The Labute approximate surface area is 425 Å². The summed E-state index contributed by atoms with van der Waals surface area (Å²) in [5, 5.41) is 34.3. The summed E-state index contributed by atoms with van der Waals surface area (Å²) < 4.78 is 31.0. The third kappa shape index (κ3) is 15.9. The molecule has 71 heavy (non-hydrogen) atoms. The number of hydrogen-bond acceptors (Lipinski definition) is 14. The van der Waals surface area contributed by atoms with Crippen LogP contribution in [0.25, 0.3) is 0 Å². The highest BCUT2D eigenvalue weighted by Gasteiger charge is 2.53. The molecule has 1 amide bonds. The van der Waals surface area contributed by atoms with Crippen molar-refractivity contribution in [2.45, 2.75) is 218 Å². The van der Waals surface area contributed by atoms with Gasteiger partial charge in [-0.25, -0.2) is 4.79 Å². The van der Waals surface area contributed by atoms with Crippen molar-refractivity contribution < 1.29 is 62.7 Å². The van der Waals surface area contributed by atoms with Crippen molar-refractivity contribution >= 4 is 37.5 Å². The first kappa shape index (κ1) is 60.4. The lowest BCUT2D eigenvalue weighted by Gasteiger charge is -2.44. The first-order valence-corrected chi connectivity index (χ1v) is 29.1. The number of amides is 1. The molecule has 402 valence electrons. The summed E-state index contributed by atoms with van der Waals surface area (Å²) in [6.45, 7) is 21.5. The van der Waals surface area contributed by atoms with Gasteiger partial charge in [-0.2, -0.15) is 0 Å². The molecule has 0 aromatic heterocycles. The van der Waals surface area contributed by atoms with Crippen molar-refractivity contribution in [3.63, 3.8) is 0 Å². The highest BCUT2D eigenvalue weighted by atomic mass is 28.4. The van der Waals surface area contributed by atoms with Crippen LogP contribution in [0.3, 0.4) is 0 Å². The molecule has 4 rings (SSSR count). The zero-order valence-corrected chi connectivity index (χ0v) is 46.2. The van der Waals surface area contributed by atoms with Crippen LogP contribution in [0.1, 0.15) is 139 Å². The van der Waals surface area contributed by atoms with E-state index < -0.39 is 97.9 Å². The Morgan fingerprint density at radius 2 is 1.55 bits per heavy atom. The molecule has 0 radical (unpaired) electrons. The van der Waals surface area contributed by atoms with E-state index in [0.29, 0.717) is 51.4 Å². The monoisotopic (exact) mass is 1010 g/mol. The first-order valence-electron chi connectivity index (χ1n) is 26.2. The van der Waals surface area contributed by atoms with Crippen LogP contribution in [0, 0.1) is 29.6 Å². The number of nitrogens with two attached hydrogens (primary N) is 1. The Kier molecular flexibility index (Phi) is 22.4. The van der Waals surface area contributed by atoms with Gasteiger partial charge in [0.1, 0.15) is 30.1 Å². The van der Waals surface area contributed by atoms with Gasteiger partial charge in [0.25, 0.3) is 11.7 Å². The molecule has 16 heteroatoms. The van der Waals surface area contributed by atoms with Gasteiger partial charge in [0, 0.05) is 57.4 Å². The number of nitrogens with zero attached hydrogens (tertiary/aromatic N) is 1. The number of hydrogen-bond donors (Lipinski definition) is 4. The maximum Gasteiger partial charge on any atom is 0.329 e. The van der Waals surface area contributed by atoms with Crippen molar-refractivity contribution in [1.82, 2.24) is 4.90 Å². The van der Waals surface area contributed by atoms with E-state index in [2.05, 4.69) is 33.9 Å². The molecule has 15 atom stereocenters. The molecule has 3 fully saturated rings. The third-order valence-corrected chi connectivity index (χ3v) is 20.7. The molecule has 0 aromatic carbocycles. The van der Waals surface area contributed by atoms with E-state index in [9.17, 15) is 39.3 Å². The van der Waals surface area contributed by atoms with E-state index in [-0.39, 0.29) is 59.8 Å². The van der Waals surface area contributed by atoms with Crippen molar-refractivity contribution in [3.8, 4) is 0 Å². The Morgan fingerprint density at radius 3 is 2.20 bits per heavy atom. The Balaban J connectivity index is 1.69. The molecule has 5 N–H and O–H groups in total. The quantitative estimate of drug-likeness (QED) is 0.0855. The standard InChI is InChI=1S/C55H90N2O13Si/c1-33-19-15-14-16-20-34(2)45(66-10)31-40-24-22-38(6)55(65,69-40)51(62)52(63)57-26-18-17-21-42(57)53(64)68-46(32-43(58)35(3)28-37(5)49(60)50(61)48(59)36(4)27-33)41(56)29-39-23-25-44(47(30-39)67-11)70-71(12,13)54(7,8)9/h14-16,19-20,28,33,35-36,38-42,44-47,49-50,60-61,65H,17-18,21-27,29-32,56H2,1-13H3/b16-14?,19-15+,34-20?,37-28+/t33-,35-,36-,38-,39+,40+,41-,42+,44?,45+,46+,47-,49-,50+,55-/m1/s1. The van der Waals surface area contributed by atoms with Gasteiger partial charge in [0.05, 0.1) is 24.4 Å². The second-order valence-electron chi connectivity index (χ2n) is 22.9. The number of allylic oxidation sites excluding steroid dienone is 6. The van der Waals surface area contributed by atoms with Gasteiger partial charge in [0.15, 0.2) is 14.1 Å². The molecule has 0 aromatic rings. The smallest absolute Gasteiger partial charge is 0.329 e. The van der Waals surface area contributed by atoms with E-state index in [0.717, 1.165) is 23.3 Å². The summed E-state index contributed by atoms with van der Waals surface area (Å²) >= 11 is 0. The summed E-state index contributed by atoms with van der Waals surface area (Å²) in [4.78, 5) is 71.9. The van der Waals surface area contributed by atoms with Crippen LogP contribution in [0.4, 0.5) is 0 Å². The molecule has 4 aliphatic rings. The molecular weight excluding hydrogens is 925 g/mol. The number of piperidine rings is 1. The lowest BCUT2D eigenvalue weighted by atomic mass is 9.80. The molecule has 3 aliphatic heterocycles. The number of methoxy groups -OCH3 is 2. The highest BCUT2D eigenvalue weighted by Crippen LogP contribution is 2.41.